The molecule has 1 aromatic heterocycles. The molecule has 0 aliphatic rings. The molecule has 2 rings (SSSR count). The van der Waals surface area contributed by atoms with Crippen LogP contribution in [0.2, 0.25) is 0 Å². The summed E-state index contributed by atoms with van der Waals surface area (Å²) in [5.74, 6) is 1.05. The maximum Gasteiger partial charge on any atom is 0.128 e. The van der Waals surface area contributed by atoms with E-state index in [-0.39, 0.29) is 0 Å². The van der Waals surface area contributed by atoms with E-state index < -0.39 is 0 Å². The van der Waals surface area contributed by atoms with Crippen LogP contribution in [-0.4, -0.2) is 16.7 Å². The molecule has 18 heavy (non-hydrogen) atoms. The molecule has 1 aromatic carbocycles. The Labute approximate surface area is 108 Å². The summed E-state index contributed by atoms with van der Waals surface area (Å²) in [6, 6.07) is 8.26. The Bertz CT molecular complexity index is 476. The molecule has 1 N–H and O–H groups in total. The van der Waals surface area contributed by atoms with E-state index >= 15 is 0 Å². The lowest BCUT2D eigenvalue weighted by atomic mass is 10.2. The lowest BCUT2D eigenvalue weighted by molar-refractivity contribution is 0.185. The van der Waals surface area contributed by atoms with Crippen molar-refractivity contribution in [3.63, 3.8) is 0 Å². The lowest BCUT2D eigenvalue weighted by Crippen LogP contribution is -2.07. The highest BCUT2D eigenvalue weighted by atomic mass is 16.5. The van der Waals surface area contributed by atoms with Gasteiger partial charge in [0.05, 0.1) is 13.2 Å². The number of hydrogen-bond acceptors (Lipinski definition) is 3. The van der Waals surface area contributed by atoms with Gasteiger partial charge in [0.15, 0.2) is 0 Å². The van der Waals surface area contributed by atoms with Gasteiger partial charge in [-0.05, 0) is 24.6 Å². The Morgan fingerprint density at radius 2 is 2.06 bits per heavy atom. The summed E-state index contributed by atoms with van der Waals surface area (Å²) in [6.07, 6.45) is 3.83. The number of benzene rings is 1. The molecule has 4 nitrogen and oxygen atoms in total. The highest BCUT2D eigenvalue weighted by Gasteiger charge is 2.00. The Kier molecular flexibility index (Phi) is 4.36. The van der Waals surface area contributed by atoms with Crippen LogP contribution in [0.4, 0.5) is 5.69 Å². The number of ether oxygens (including phenoxy) is 1. The first-order valence-electron chi connectivity index (χ1n) is 6.15. The standard InChI is InChI=1S/C14H19N3O/c1-3-17-9-8-15-14(17)10-16-13-6-4-12(5-7-13)11-18-2/h4-9,16H,3,10-11H2,1-2H3. The second kappa shape index (κ2) is 6.21. The first kappa shape index (κ1) is 12.6. The van der Waals surface area contributed by atoms with Gasteiger partial charge in [-0.1, -0.05) is 12.1 Å². The third-order valence-corrected chi connectivity index (χ3v) is 2.86. The van der Waals surface area contributed by atoms with Crippen LogP contribution in [0.25, 0.3) is 0 Å². The van der Waals surface area contributed by atoms with Gasteiger partial charge >= 0.3 is 0 Å². The molecule has 0 saturated heterocycles. The molecule has 0 bridgehead atoms. The Balaban J connectivity index is 1.94. The molecule has 0 spiro atoms. The molecule has 0 saturated carbocycles. The lowest BCUT2D eigenvalue weighted by Gasteiger charge is -2.08. The SMILES string of the molecule is CCn1ccnc1CNc1ccc(COC)cc1. The molecular weight excluding hydrogens is 226 g/mol. The number of nitrogens with zero attached hydrogens (tertiary/aromatic N) is 2. The molecular formula is C14H19N3O. The van der Waals surface area contributed by atoms with E-state index in [1.807, 2.05) is 12.4 Å². The van der Waals surface area contributed by atoms with Gasteiger partial charge in [-0.15, -0.1) is 0 Å². The summed E-state index contributed by atoms with van der Waals surface area (Å²) in [5.41, 5.74) is 2.28. The smallest absolute Gasteiger partial charge is 0.128 e. The minimum atomic E-state index is 0.653. The largest absolute Gasteiger partial charge is 0.380 e. The van der Waals surface area contributed by atoms with Gasteiger partial charge < -0.3 is 14.6 Å². The minimum absolute atomic E-state index is 0.653. The Morgan fingerprint density at radius 1 is 1.28 bits per heavy atom. The predicted octanol–water partition coefficient (Wildman–Crippen LogP) is 2.66. The van der Waals surface area contributed by atoms with E-state index in [9.17, 15) is 0 Å². The fraction of sp³-hybridized carbons (Fsp3) is 0.357. The number of anilines is 1. The average molecular weight is 245 g/mol. The van der Waals surface area contributed by atoms with Crippen molar-refractivity contribution in [2.75, 3.05) is 12.4 Å². The van der Waals surface area contributed by atoms with Crippen molar-refractivity contribution in [3.05, 3.63) is 48.0 Å². The van der Waals surface area contributed by atoms with Crippen LogP contribution in [0, 0.1) is 0 Å². The van der Waals surface area contributed by atoms with Crippen molar-refractivity contribution in [2.45, 2.75) is 26.6 Å². The number of aromatic nitrogens is 2. The van der Waals surface area contributed by atoms with Crippen LogP contribution >= 0.6 is 0 Å². The molecule has 0 unspecified atom stereocenters. The monoisotopic (exact) mass is 245 g/mol. The quantitative estimate of drug-likeness (QED) is 0.850. The van der Waals surface area contributed by atoms with Crippen molar-refractivity contribution in [3.8, 4) is 0 Å². The molecule has 0 atom stereocenters. The number of hydrogen-bond donors (Lipinski definition) is 1. The second-order valence-corrected chi connectivity index (χ2v) is 4.11. The van der Waals surface area contributed by atoms with E-state index in [2.05, 4.69) is 46.1 Å². The zero-order chi connectivity index (χ0) is 12.8. The van der Waals surface area contributed by atoms with Crippen molar-refractivity contribution < 1.29 is 4.74 Å². The number of aryl methyl sites for hydroxylation is 1. The van der Waals surface area contributed by atoms with Crippen molar-refractivity contribution in [1.29, 1.82) is 0 Å². The van der Waals surface area contributed by atoms with E-state index in [4.69, 9.17) is 4.74 Å². The van der Waals surface area contributed by atoms with E-state index in [0.717, 1.165) is 24.6 Å². The van der Waals surface area contributed by atoms with E-state index in [1.165, 1.54) is 5.56 Å². The summed E-state index contributed by atoms with van der Waals surface area (Å²) in [5, 5.41) is 3.37. The second-order valence-electron chi connectivity index (χ2n) is 4.11. The number of imidazole rings is 1. The maximum atomic E-state index is 5.08. The van der Waals surface area contributed by atoms with Crippen LogP contribution in [0.3, 0.4) is 0 Å². The summed E-state index contributed by atoms with van der Waals surface area (Å²) < 4.78 is 7.21. The molecule has 96 valence electrons. The van der Waals surface area contributed by atoms with Crippen LogP contribution in [-0.2, 0) is 24.4 Å². The fourth-order valence-corrected chi connectivity index (χ4v) is 1.86. The van der Waals surface area contributed by atoms with Gasteiger partial charge in [-0.3, -0.25) is 0 Å². The molecule has 0 aliphatic carbocycles. The van der Waals surface area contributed by atoms with Gasteiger partial charge in [0.1, 0.15) is 5.82 Å². The summed E-state index contributed by atoms with van der Waals surface area (Å²) in [6.45, 7) is 4.46. The van der Waals surface area contributed by atoms with Crippen molar-refractivity contribution >= 4 is 5.69 Å². The maximum absolute atomic E-state index is 5.08. The number of nitrogens with one attached hydrogen (secondary N) is 1. The molecule has 0 aliphatic heterocycles. The Hall–Kier alpha value is -1.81. The van der Waals surface area contributed by atoms with Gasteiger partial charge in [0, 0.05) is 31.7 Å². The van der Waals surface area contributed by atoms with E-state index in [1.54, 1.807) is 7.11 Å². The first-order chi connectivity index (χ1) is 8.83. The van der Waals surface area contributed by atoms with Gasteiger partial charge in [-0.2, -0.15) is 0 Å². The van der Waals surface area contributed by atoms with Gasteiger partial charge in [0.2, 0.25) is 0 Å². The number of rotatable bonds is 6. The van der Waals surface area contributed by atoms with Gasteiger partial charge in [-0.25, -0.2) is 4.98 Å². The van der Waals surface area contributed by atoms with Crippen LogP contribution in [0.15, 0.2) is 36.7 Å². The van der Waals surface area contributed by atoms with Crippen LogP contribution < -0.4 is 5.32 Å². The molecule has 2 aromatic rings. The molecule has 1 heterocycles. The molecule has 0 radical (unpaired) electrons. The zero-order valence-electron chi connectivity index (χ0n) is 10.9. The highest BCUT2D eigenvalue weighted by molar-refractivity contribution is 5.44. The van der Waals surface area contributed by atoms with Crippen LogP contribution in [0.5, 0.6) is 0 Å². The molecule has 0 fully saturated rings. The van der Waals surface area contributed by atoms with Crippen LogP contribution in [0.1, 0.15) is 18.3 Å². The first-order valence-corrected chi connectivity index (χ1v) is 6.15. The average Bonchev–Trinajstić information content (AvgIpc) is 2.86. The van der Waals surface area contributed by atoms with Gasteiger partial charge in [0.25, 0.3) is 0 Å². The molecule has 0 amide bonds. The third-order valence-electron chi connectivity index (χ3n) is 2.86. The summed E-state index contributed by atoms with van der Waals surface area (Å²) in [4.78, 5) is 4.33. The van der Waals surface area contributed by atoms with E-state index in [0.29, 0.717) is 6.61 Å². The number of methoxy groups -OCH3 is 1. The zero-order valence-corrected chi connectivity index (χ0v) is 10.9. The Morgan fingerprint density at radius 3 is 2.72 bits per heavy atom. The topological polar surface area (TPSA) is 39.1 Å². The summed E-state index contributed by atoms with van der Waals surface area (Å²) in [7, 11) is 1.71. The molecule has 4 heteroatoms. The van der Waals surface area contributed by atoms with Crippen molar-refractivity contribution in [2.24, 2.45) is 0 Å². The highest BCUT2D eigenvalue weighted by Crippen LogP contribution is 2.11. The minimum Gasteiger partial charge on any atom is -0.380 e. The fourth-order valence-electron chi connectivity index (χ4n) is 1.86. The van der Waals surface area contributed by atoms with Crippen molar-refractivity contribution in [1.82, 2.24) is 9.55 Å². The normalized spacial score (nSPS) is 10.6. The predicted molar refractivity (Wildman–Crippen MR) is 72.4 cm³/mol. The third kappa shape index (κ3) is 3.11. The summed E-state index contributed by atoms with van der Waals surface area (Å²) >= 11 is 0.